The zero-order valence-corrected chi connectivity index (χ0v) is 8.84. The number of carbonyl (C=O) groups is 1. The molecule has 0 aliphatic carbocycles. The largest absolute Gasteiger partial charge is 0.395 e. The molecule has 0 fully saturated rings. The second-order valence-corrected chi connectivity index (χ2v) is 3.37. The van der Waals surface area contributed by atoms with E-state index in [-0.39, 0.29) is 23.2 Å². The average Bonchev–Trinajstić information content (AvgIpc) is 2.18. The van der Waals surface area contributed by atoms with Gasteiger partial charge in [0.25, 0.3) is 5.91 Å². The number of amides is 1. The van der Waals surface area contributed by atoms with Crippen molar-refractivity contribution in [3.05, 3.63) is 34.1 Å². The summed E-state index contributed by atoms with van der Waals surface area (Å²) in [6.07, 6.45) is 0. The Bertz CT molecular complexity index is 344. The van der Waals surface area contributed by atoms with Crippen LogP contribution in [0.2, 0.25) is 0 Å². The smallest absolute Gasteiger partial charge is 0.252 e. The highest BCUT2D eigenvalue weighted by Crippen LogP contribution is 2.19. The van der Waals surface area contributed by atoms with E-state index in [0.29, 0.717) is 0 Å². The molecule has 0 saturated heterocycles. The molecule has 0 atom stereocenters. The number of aliphatic hydroxyl groups is 1. The highest BCUT2D eigenvalue weighted by molar-refractivity contribution is 9.10. The Labute approximate surface area is 89.1 Å². The number of rotatable bonds is 3. The van der Waals surface area contributed by atoms with Crippen molar-refractivity contribution in [1.82, 2.24) is 5.32 Å². The number of nitrogens with one attached hydrogen (secondary N) is 1. The van der Waals surface area contributed by atoms with E-state index in [0.717, 1.165) is 0 Å². The van der Waals surface area contributed by atoms with Crippen molar-refractivity contribution in [2.75, 3.05) is 13.2 Å². The van der Waals surface area contributed by atoms with Gasteiger partial charge in [0.2, 0.25) is 0 Å². The molecule has 0 aliphatic heterocycles. The fourth-order valence-electron chi connectivity index (χ4n) is 0.944. The molecule has 5 heteroatoms. The van der Waals surface area contributed by atoms with Gasteiger partial charge in [-0.15, -0.1) is 0 Å². The molecule has 0 radical (unpaired) electrons. The summed E-state index contributed by atoms with van der Waals surface area (Å²) in [5.41, 5.74) is 0.221. The Morgan fingerprint density at radius 1 is 1.57 bits per heavy atom. The number of hydrogen-bond donors (Lipinski definition) is 2. The third-order valence-corrected chi connectivity index (χ3v) is 2.40. The summed E-state index contributed by atoms with van der Waals surface area (Å²) in [6.45, 7) is 0.0143. The molecule has 0 unspecified atom stereocenters. The van der Waals surface area contributed by atoms with Gasteiger partial charge in [0.05, 0.1) is 16.6 Å². The summed E-state index contributed by atoms with van der Waals surface area (Å²) >= 11 is 2.97. The van der Waals surface area contributed by atoms with Crippen LogP contribution in [0.1, 0.15) is 10.4 Å². The van der Waals surface area contributed by atoms with Gasteiger partial charge in [0.1, 0.15) is 5.82 Å². The van der Waals surface area contributed by atoms with E-state index in [2.05, 4.69) is 21.2 Å². The monoisotopic (exact) mass is 261 g/mol. The van der Waals surface area contributed by atoms with Gasteiger partial charge in [-0.25, -0.2) is 4.39 Å². The minimum absolute atomic E-state index is 0.135. The van der Waals surface area contributed by atoms with Crippen LogP contribution in [-0.4, -0.2) is 24.2 Å². The molecular weight excluding hydrogens is 253 g/mol. The number of benzene rings is 1. The zero-order valence-electron chi connectivity index (χ0n) is 7.26. The second-order valence-electron chi connectivity index (χ2n) is 2.58. The fourth-order valence-corrected chi connectivity index (χ4v) is 1.39. The lowest BCUT2D eigenvalue weighted by Crippen LogP contribution is -2.26. The second kappa shape index (κ2) is 5.07. The van der Waals surface area contributed by atoms with Crippen LogP contribution >= 0.6 is 15.9 Å². The van der Waals surface area contributed by atoms with Crippen molar-refractivity contribution < 1.29 is 14.3 Å². The molecule has 2 N–H and O–H groups in total. The summed E-state index contributed by atoms with van der Waals surface area (Å²) < 4.78 is 13.1. The van der Waals surface area contributed by atoms with Gasteiger partial charge in [0.15, 0.2) is 0 Å². The van der Waals surface area contributed by atoms with Crippen molar-refractivity contribution in [1.29, 1.82) is 0 Å². The topological polar surface area (TPSA) is 49.3 Å². The first-order valence-electron chi connectivity index (χ1n) is 4.00. The molecule has 0 heterocycles. The summed E-state index contributed by atoms with van der Waals surface area (Å²) in [5.74, 6) is -0.896. The molecule has 0 bridgehead atoms. The predicted octanol–water partition coefficient (Wildman–Crippen LogP) is 1.31. The van der Waals surface area contributed by atoms with Crippen LogP contribution in [0.25, 0.3) is 0 Å². The minimum Gasteiger partial charge on any atom is -0.395 e. The van der Waals surface area contributed by atoms with Gasteiger partial charge in [-0.1, -0.05) is 6.07 Å². The number of aliphatic hydroxyl groups excluding tert-OH is 1. The van der Waals surface area contributed by atoms with Crippen LogP contribution in [0.3, 0.4) is 0 Å². The zero-order chi connectivity index (χ0) is 10.6. The van der Waals surface area contributed by atoms with E-state index >= 15 is 0 Å². The predicted molar refractivity (Wildman–Crippen MR) is 53.5 cm³/mol. The highest BCUT2D eigenvalue weighted by atomic mass is 79.9. The van der Waals surface area contributed by atoms with Gasteiger partial charge in [-0.2, -0.15) is 0 Å². The number of carbonyl (C=O) groups excluding carboxylic acids is 1. The van der Waals surface area contributed by atoms with Crippen LogP contribution in [0.5, 0.6) is 0 Å². The van der Waals surface area contributed by atoms with Gasteiger partial charge in [0, 0.05) is 6.54 Å². The lowest BCUT2D eigenvalue weighted by molar-refractivity contribution is 0.0943. The van der Waals surface area contributed by atoms with Crippen molar-refractivity contribution >= 4 is 21.8 Å². The van der Waals surface area contributed by atoms with Gasteiger partial charge in [-0.05, 0) is 28.1 Å². The fraction of sp³-hybridized carbons (Fsp3) is 0.222. The third-order valence-electron chi connectivity index (χ3n) is 1.59. The van der Waals surface area contributed by atoms with Gasteiger partial charge < -0.3 is 10.4 Å². The Hall–Kier alpha value is -0.940. The Morgan fingerprint density at radius 3 is 2.93 bits per heavy atom. The first-order valence-corrected chi connectivity index (χ1v) is 4.79. The molecule has 0 spiro atoms. The molecule has 14 heavy (non-hydrogen) atoms. The van der Waals surface area contributed by atoms with Crippen molar-refractivity contribution in [3.63, 3.8) is 0 Å². The lowest BCUT2D eigenvalue weighted by atomic mass is 10.2. The summed E-state index contributed by atoms with van der Waals surface area (Å²) in [7, 11) is 0. The normalized spacial score (nSPS) is 9.93. The number of hydrogen-bond acceptors (Lipinski definition) is 2. The lowest BCUT2D eigenvalue weighted by Gasteiger charge is -2.05. The summed E-state index contributed by atoms with van der Waals surface area (Å²) in [4.78, 5) is 11.4. The molecule has 0 aliphatic rings. The van der Waals surface area contributed by atoms with E-state index in [1.54, 1.807) is 0 Å². The molecule has 0 saturated carbocycles. The van der Waals surface area contributed by atoms with Crippen molar-refractivity contribution in [2.45, 2.75) is 0 Å². The van der Waals surface area contributed by atoms with E-state index < -0.39 is 11.7 Å². The average molecular weight is 262 g/mol. The van der Waals surface area contributed by atoms with Crippen molar-refractivity contribution in [3.8, 4) is 0 Å². The van der Waals surface area contributed by atoms with E-state index in [4.69, 9.17) is 5.11 Å². The number of halogens is 2. The SMILES string of the molecule is O=C(NCCO)c1cccc(F)c1Br. The molecule has 1 aromatic carbocycles. The van der Waals surface area contributed by atoms with Gasteiger partial charge >= 0.3 is 0 Å². The molecule has 0 aromatic heterocycles. The first-order chi connectivity index (χ1) is 6.66. The molecular formula is C9H9BrFNO2. The maximum atomic E-state index is 13.0. The molecule has 1 rings (SSSR count). The molecule has 1 amide bonds. The summed E-state index contributed by atoms with van der Waals surface area (Å²) in [6, 6.07) is 4.21. The minimum atomic E-state index is -0.485. The van der Waals surface area contributed by atoms with E-state index in [1.165, 1.54) is 18.2 Å². The van der Waals surface area contributed by atoms with Crippen LogP contribution < -0.4 is 5.32 Å². The van der Waals surface area contributed by atoms with Crippen LogP contribution in [0, 0.1) is 5.82 Å². The van der Waals surface area contributed by atoms with E-state index in [1.807, 2.05) is 0 Å². The van der Waals surface area contributed by atoms with Crippen LogP contribution in [0.15, 0.2) is 22.7 Å². The standard InChI is InChI=1S/C9H9BrFNO2/c10-8-6(2-1-3-7(8)11)9(14)12-4-5-13/h1-3,13H,4-5H2,(H,12,14). The molecule has 76 valence electrons. The third kappa shape index (κ3) is 2.52. The quantitative estimate of drug-likeness (QED) is 0.862. The van der Waals surface area contributed by atoms with Crippen LogP contribution in [-0.2, 0) is 0 Å². The first kappa shape index (κ1) is 11.1. The Kier molecular flexibility index (Phi) is 4.03. The Balaban J connectivity index is 2.84. The van der Waals surface area contributed by atoms with Gasteiger partial charge in [-0.3, -0.25) is 4.79 Å². The van der Waals surface area contributed by atoms with Crippen molar-refractivity contribution in [2.24, 2.45) is 0 Å². The molecule has 1 aromatic rings. The summed E-state index contributed by atoms with van der Waals surface area (Å²) in [5, 5.41) is 10.9. The highest BCUT2D eigenvalue weighted by Gasteiger charge is 2.11. The maximum absolute atomic E-state index is 13.0. The Morgan fingerprint density at radius 2 is 2.29 bits per heavy atom. The van der Waals surface area contributed by atoms with Crippen LogP contribution in [0.4, 0.5) is 4.39 Å². The molecule has 3 nitrogen and oxygen atoms in total. The van der Waals surface area contributed by atoms with E-state index in [9.17, 15) is 9.18 Å². The maximum Gasteiger partial charge on any atom is 0.252 e.